The smallest absolute Gasteiger partial charge is 0.303 e. The lowest BCUT2D eigenvalue weighted by Gasteiger charge is -2.33. The number of esters is 1. The van der Waals surface area contributed by atoms with Crippen LogP contribution >= 0.6 is 0 Å². The minimum Gasteiger partial charge on any atom is -0.512 e. The molecule has 0 aromatic rings. The molecule has 1 aliphatic carbocycles. The van der Waals surface area contributed by atoms with Crippen molar-refractivity contribution >= 4 is 11.8 Å². The molecule has 0 aliphatic heterocycles. The van der Waals surface area contributed by atoms with Crippen LogP contribution in [0.25, 0.3) is 0 Å². The Morgan fingerprint density at radius 2 is 2.17 bits per heavy atom. The average molecular weight is 337 g/mol. The highest BCUT2D eigenvalue weighted by Gasteiger charge is 2.58. The summed E-state index contributed by atoms with van der Waals surface area (Å²) < 4.78 is 5.26. The molecule has 2 N–H and O–H groups in total. The lowest BCUT2D eigenvalue weighted by molar-refractivity contribution is -0.169. The van der Waals surface area contributed by atoms with Crippen molar-refractivity contribution in [3.05, 3.63) is 11.8 Å². The topological polar surface area (TPSA) is 108 Å². The summed E-state index contributed by atoms with van der Waals surface area (Å²) >= 11 is 0. The van der Waals surface area contributed by atoms with E-state index in [4.69, 9.17) is 10.00 Å². The van der Waals surface area contributed by atoms with Gasteiger partial charge in [0.25, 0.3) is 0 Å². The van der Waals surface area contributed by atoms with Gasteiger partial charge >= 0.3 is 5.97 Å². The van der Waals surface area contributed by atoms with Crippen molar-refractivity contribution in [3.8, 4) is 6.07 Å². The van der Waals surface area contributed by atoms with E-state index in [0.29, 0.717) is 6.42 Å². The summed E-state index contributed by atoms with van der Waals surface area (Å²) in [5, 5.41) is 29.5. The van der Waals surface area contributed by atoms with Crippen molar-refractivity contribution in [2.24, 2.45) is 5.92 Å². The Balaban J connectivity index is 3.00. The van der Waals surface area contributed by atoms with Crippen molar-refractivity contribution in [3.63, 3.8) is 0 Å². The maximum atomic E-state index is 12.4. The van der Waals surface area contributed by atoms with Crippen LogP contribution in [-0.4, -0.2) is 33.7 Å². The van der Waals surface area contributed by atoms with E-state index in [-0.39, 0.29) is 25.0 Å². The highest BCUT2D eigenvalue weighted by molar-refractivity contribution is 5.93. The zero-order chi connectivity index (χ0) is 18.2. The van der Waals surface area contributed by atoms with E-state index in [1.54, 1.807) is 6.08 Å². The van der Waals surface area contributed by atoms with Gasteiger partial charge in [-0.05, 0) is 18.9 Å². The molecule has 0 bridgehead atoms. The molecule has 6 nitrogen and oxygen atoms in total. The first-order valence-electron chi connectivity index (χ1n) is 8.56. The summed E-state index contributed by atoms with van der Waals surface area (Å²) in [6.07, 6.45) is 5.00. The van der Waals surface area contributed by atoms with Crippen LogP contribution in [-0.2, 0) is 14.3 Å². The van der Waals surface area contributed by atoms with Crippen molar-refractivity contribution in [1.29, 1.82) is 5.26 Å². The van der Waals surface area contributed by atoms with Gasteiger partial charge in [0.1, 0.15) is 0 Å². The molecule has 0 aromatic carbocycles. The quantitative estimate of drug-likeness (QED) is 0.380. The number of Topliss-reactive ketones (excluding diaryl/α,β-unsaturated/α-hetero) is 1. The summed E-state index contributed by atoms with van der Waals surface area (Å²) in [7, 11) is 0. The fourth-order valence-corrected chi connectivity index (χ4v) is 3.31. The van der Waals surface area contributed by atoms with E-state index in [1.165, 1.54) is 6.92 Å². The molecular weight excluding hydrogens is 310 g/mol. The van der Waals surface area contributed by atoms with Crippen LogP contribution in [0.2, 0.25) is 0 Å². The first kappa shape index (κ1) is 20.2. The van der Waals surface area contributed by atoms with Crippen LogP contribution in [0.4, 0.5) is 0 Å². The molecule has 3 atom stereocenters. The summed E-state index contributed by atoms with van der Waals surface area (Å²) in [5.41, 5.74) is -1.65. The summed E-state index contributed by atoms with van der Waals surface area (Å²) in [6.45, 7) is 3.28. The van der Waals surface area contributed by atoms with E-state index in [9.17, 15) is 19.8 Å². The number of carbonyl (C=O) groups is 2. The van der Waals surface area contributed by atoms with Crippen LogP contribution in [0.1, 0.15) is 65.2 Å². The number of ketones is 1. The van der Waals surface area contributed by atoms with Gasteiger partial charge in [0.05, 0.1) is 23.9 Å². The minimum absolute atomic E-state index is 0.00792. The zero-order valence-electron chi connectivity index (χ0n) is 14.5. The van der Waals surface area contributed by atoms with Gasteiger partial charge in [0.15, 0.2) is 11.4 Å². The first-order chi connectivity index (χ1) is 11.4. The monoisotopic (exact) mass is 337 g/mol. The lowest BCUT2D eigenvalue weighted by atomic mass is 9.83. The maximum Gasteiger partial charge on any atom is 0.303 e. The van der Waals surface area contributed by atoms with E-state index >= 15 is 0 Å². The van der Waals surface area contributed by atoms with Crippen LogP contribution in [0.15, 0.2) is 11.8 Å². The molecule has 1 aliphatic rings. The molecule has 0 spiro atoms. The number of nitriles is 1. The van der Waals surface area contributed by atoms with E-state index in [1.807, 2.05) is 6.07 Å². The third-order valence-corrected chi connectivity index (χ3v) is 4.42. The molecule has 1 fully saturated rings. The third kappa shape index (κ3) is 4.81. The fourth-order valence-electron chi connectivity index (χ4n) is 3.31. The van der Waals surface area contributed by atoms with Gasteiger partial charge in [-0.25, -0.2) is 0 Å². The van der Waals surface area contributed by atoms with Crippen LogP contribution in [0.5, 0.6) is 0 Å². The number of aliphatic hydroxyl groups is 2. The number of hydrogen-bond donors (Lipinski definition) is 2. The number of aliphatic hydroxyl groups excluding tert-OH is 2. The molecule has 0 aromatic heterocycles. The van der Waals surface area contributed by atoms with Gasteiger partial charge in [-0.15, -0.1) is 0 Å². The SMILES string of the molecule is CCCCCC/C=C(\O)C1C(O)CC(=O)C1(CCC#N)OC(C)=O. The number of unbranched alkanes of at least 4 members (excludes halogenated alkanes) is 4. The van der Waals surface area contributed by atoms with Gasteiger partial charge in [0, 0.05) is 26.2 Å². The third-order valence-electron chi connectivity index (χ3n) is 4.42. The van der Waals surface area contributed by atoms with Crippen molar-refractivity contribution in [2.45, 2.75) is 76.9 Å². The largest absolute Gasteiger partial charge is 0.512 e. The second-order valence-corrected chi connectivity index (χ2v) is 6.29. The summed E-state index contributed by atoms with van der Waals surface area (Å²) in [4.78, 5) is 23.9. The summed E-state index contributed by atoms with van der Waals surface area (Å²) in [5.74, 6) is -2.26. The van der Waals surface area contributed by atoms with Crippen LogP contribution in [0, 0.1) is 17.2 Å². The molecule has 24 heavy (non-hydrogen) atoms. The molecule has 1 saturated carbocycles. The number of hydrogen-bond acceptors (Lipinski definition) is 6. The number of nitrogens with zero attached hydrogens (tertiary/aromatic N) is 1. The Hall–Kier alpha value is -1.87. The molecule has 0 heterocycles. The Labute approximate surface area is 143 Å². The van der Waals surface area contributed by atoms with Crippen molar-refractivity contribution < 1.29 is 24.5 Å². The Morgan fingerprint density at radius 1 is 1.46 bits per heavy atom. The standard InChI is InChI=1S/C18H27NO5/c1-3-4-5-6-7-9-14(21)17-15(22)12-16(23)18(17,10-8-11-19)24-13(2)20/h9,15,17,21-22H,3-8,10,12H2,1-2H3/b14-9-. The molecule has 134 valence electrons. The highest BCUT2D eigenvalue weighted by Crippen LogP contribution is 2.43. The predicted octanol–water partition coefficient (Wildman–Crippen LogP) is 2.95. The Morgan fingerprint density at radius 3 is 2.75 bits per heavy atom. The second kappa shape index (κ2) is 9.43. The molecule has 0 amide bonds. The molecular formula is C18H27NO5. The Kier molecular flexibility index (Phi) is 7.93. The fraction of sp³-hybridized carbons (Fsp3) is 0.722. The van der Waals surface area contributed by atoms with Gasteiger partial charge in [-0.2, -0.15) is 5.26 Å². The number of ether oxygens (including phenoxy) is 1. The maximum absolute atomic E-state index is 12.4. The predicted molar refractivity (Wildman–Crippen MR) is 87.9 cm³/mol. The Bertz CT molecular complexity index is 522. The highest BCUT2D eigenvalue weighted by atomic mass is 16.6. The normalized spacial score (nSPS) is 27.1. The van der Waals surface area contributed by atoms with Gasteiger partial charge in [0.2, 0.25) is 0 Å². The van der Waals surface area contributed by atoms with E-state index in [2.05, 4.69) is 6.92 Å². The number of rotatable bonds is 9. The second-order valence-electron chi connectivity index (χ2n) is 6.29. The molecule has 1 rings (SSSR count). The zero-order valence-corrected chi connectivity index (χ0v) is 14.5. The number of carbonyl (C=O) groups excluding carboxylic acids is 2. The molecule has 6 heteroatoms. The first-order valence-corrected chi connectivity index (χ1v) is 8.56. The van der Waals surface area contributed by atoms with Crippen LogP contribution < -0.4 is 0 Å². The van der Waals surface area contributed by atoms with Crippen molar-refractivity contribution in [2.75, 3.05) is 0 Å². The molecule has 0 saturated heterocycles. The molecule has 3 unspecified atom stereocenters. The lowest BCUT2D eigenvalue weighted by Crippen LogP contribution is -2.47. The van der Waals surface area contributed by atoms with Gasteiger partial charge < -0.3 is 14.9 Å². The van der Waals surface area contributed by atoms with Gasteiger partial charge in [-0.3, -0.25) is 9.59 Å². The number of allylic oxidation sites excluding steroid dienone is 1. The summed E-state index contributed by atoms with van der Waals surface area (Å²) in [6, 6.07) is 1.93. The average Bonchev–Trinajstić information content (AvgIpc) is 2.74. The van der Waals surface area contributed by atoms with Crippen molar-refractivity contribution in [1.82, 2.24) is 0 Å². The van der Waals surface area contributed by atoms with E-state index in [0.717, 1.165) is 25.7 Å². The van der Waals surface area contributed by atoms with Gasteiger partial charge in [-0.1, -0.05) is 26.2 Å². The van der Waals surface area contributed by atoms with Crippen LogP contribution in [0.3, 0.4) is 0 Å². The molecule has 0 radical (unpaired) electrons. The minimum atomic E-state index is -1.65. The van der Waals surface area contributed by atoms with E-state index < -0.39 is 29.4 Å².